The van der Waals surface area contributed by atoms with Gasteiger partial charge in [-0.05, 0) is 57.7 Å². The molecule has 4 nitrogen and oxygen atoms in total. The van der Waals surface area contributed by atoms with Crippen molar-refractivity contribution in [2.45, 2.75) is 45.8 Å². The Labute approximate surface area is 127 Å². The molecule has 0 aliphatic heterocycles. The number of rotatable bonds is 6. The van der Waals surface area contributed by atoms with E-state index in [-0.39, 0.29) is 18.1 Å². The van der Waals surface area contributed by atoms with Gasteiger partial charge in [-0.1, -0.05) is 18.2 Å². The van der Waals surface area contributed by atoms with Crippen LogP contribution in [-0.2, 0) is 4.79 Å². The van der Waals surface area contributed by atoms with Gasteiger partial charge in [0.1, 0.15) is 0 Å². The lowest BCUT2D eigenvalue weighted by Gasteiger charge is -2.26. The highest BCUT2D eigenvalue weighted by Gasteiger charge is 2.32. The molecule has 0 heterocycles. The van der Waals surface area contributed by atoms with Crippen LogP contribution in [0, 0.1) is 19.8 Å². The minimum atomic E-state index is -0.314. The van der Waals surface area contributed by atoms with Crippen molar-refractivity contribution < 1.29 is 9.90 Å². The fraction of sp³-hybridized carbons (Fsp3) is 0.588. The van der Waals surface area contributed by atoms with E-state index in [1.165, 1.54) is 0 Å². The Morgan fingerprint density at radius 1 is 1.38 bits per heavy atom. The lowest BCUT2D eigenvalue weighted by atomic mass is 10.1. The number of hydrogen-bond acceptors (Lipinski definition) is 3. The summed E-state index contributed by atoms with van der Waals surface area (Å²) in [5.74, 6) is 0.402. The number of hydrogen-bond donors (Lipinski definition) is 2. The van der Waals surface area contributed by atoms with Gasteiger partial charge in [0.05, 0.1) is 12.1 Å². The maximum absolute atomic E-state index is 12.4. The van der Waals surface area contributed by atoms with Crippen LogP contribution in [0.3, 0.4) is 0 Å². The van der Waals surface area contributed by atoms with Crippen LogP contribution in [-0.4, -0.2) is 41.7 Å². The van der Waals surface area contributed by atoms with Crippen LogP contribution >= 0.6 is 0 Å². The third kappa shape index (κ3) is 4.05. The zero-order chi connectivity index (χ0) is 15.6. The van der Waals surface area contributed by atoms with Crippen molar-refractivity contribution >= 4 is 11.6 Å². The van der Waals surface area contributed by atoms with E-state index in [1.807, 2.05) is 50.9 Å². The number of amides is 1. The maximum Gasteiger partial charge on any atom is 0.241 e. The molecule has 21 heavy (non-hydrogen) atoms. The first kappa shape index (κ1) is 16.0. The standard InChI is InChI=1S/C17H26N2O2/c1-11-6-5-7-12(2)16(11)18-17(21)13(3)19(4)10-15(20)14-8-9-14/h5-7,13-15,20H,8-10H2,1-4H3,(H,18,21). The van der Waals surface area contributed by atoms with Crippen LogP contribution < -0.4 is 5.32 Å². The average Bonchev–Trinajstić information content (AvgIpc) is 3.26. The predicted octanol–water partition coefficient (Wildman–Crippen LogP) is 2.33. The molecule has 1 aromatic carbocycles. The minimum absolute atomic E-state index is 0.0297. The number of carbonyl (C=O) groups is 1. The Morgan fingerprint density at radius 2 is 1.95 bits per heavy atom. The summed E-state index contributed by atoms with van der Waals surface area (Å²) in [5, 5.41) is 13.0. The molecule has 1 aromatic rings. The number of anilines is 1. The summed E-state index contributed by atoms with van der Waals surface area (Å²) in [4.78, 5) is 14.3. The highest BCUT2D eigenvalue weighted by Crippen LogP contribution is 2.32. The van der Waals surface area contributed by atoms with Crippen LogP contribution in [0.15, 0.2) is 18.2 Å². The fourth-order valence-corrected chi connectivity index (χ4v) is 2.52. The molecule has 1 amide bonds. The summed E-state index contributed by atoms with van der Waals surface area (Å²) in [6.07, 6.45) is 1.90. The molecule has 1 fully saturated rings. The molecule has 1 saturated carbocycles. The van der Waals surface area contributed by atoms with Gasteiger partial charge in [0.2, 0.25) is 5.91 Å². The molecule has 0 saturated heterocycles. The van der Waals surface area contributed by atoms with E-state index in [9.17, 15) is 9.90 Å². The summed E-state index contributed by atoms with van der Waals surface area (Å²) in [5.41, 5.74) is 3.03. The number of benzene rings is 1. The molecule has 2 N–H and O–H groups in total. The topological polar surface area (TPSA) is 52.6 Å². The molecule has 116 valence electrons. The molecule has 1 aliphatic rings. The molecule has 2 unspecified atom stereocenters. The second-order valence-electron chi connectivity index (χ2n) is 6.28. The van der Waals surface area contributed by atoms with Crippen LogP contribution in [0.4, 0.5) is 5.69 Å². The first-order valence-corrected chi connectivity index (χ1v) is 7.65. The molecule has 1 aliphatic carbocycles. The summed E-state index contributed by atoms with van der Waals surface area (Å²) in [6.45, 7) is 6.41. The van der Waals surface area contributed by atoms with E-state index in [2.05, 4.69) is 5.32 Å². The van der Waals surface area contributed by atoms with Crippen molar-refractivity contribution in [3.05, 3.63) is 29.3 Å². The van der Waals surface area contributed by atoms with Gasteiger partial charge in [-0.2, -0.15) is 0 Å². The summed E-state index contributed by atoms with van der Waals surface area (Å²) >= 11 is 0. The van der Waals surface area contributed by atoms with E-state index >= 15 is 0 Å². The molecular weight excluding hydrogens is 264 g/mol. The summed E-state index contributed by atoms with van der Waals surface area (Å²) < 4.78 is 0. The Hall–Kier alpha value is -1.39. The van der Waals surface area contributed by atoms with E-state index < -0.39 is 0 Å². The predicted molar refractivity (Wildman–Crippen MR) is 85.4 cm³/mol. The van der Waals surface area contributed by atoms with Gasteiger partial charge in [0.15, 0.2) is 0 Å². The Balaban J connectivity index is 1.95. The van der Waals surface area contributed by atoms with Crippen molar-refractivity contribution in [1.82, 2.24) is 4.90 Å². The number of likely N-dealkylation sites (N-methyl/N-ethyl adjacent to an activating group) is 1. The lowest BCUT2D eigenvalue weighted by Crippen LogP contribution is -2.43. The van der Waals surface area contributed by atoms with E-state index in [0.717, 1.165) is 29.7 Å². The smallest absolute Gasteiger partial charge is 0.241 e. The quantitative estimate of drug-likeness (QED) is 0.845. The SMILES string of the molecule is Cc1cccc(C)c1NC(=O)C(C)N(C)CC(O)C1CC1. The monoisotopic (exact) mass is 290 g/mol. The van der Waals surface area contributed by atoms with Crippen molar-refractivity contribution in [2.24, 2.45) is 5.92 Å². The Kier molecular flexibility index (Phi) is 5.01. The Morgan fingerprint density at radius 3 is 2.48 bits per heavy atom. The van der Waals surface area contributed by atoms with E-state index in [1.54, 1.807) is 0 Å². The second-order valence-corrected chi connectivity index (χ2v) is 6.28. The van der Waals surface area contributed by atoms with Crippen LogP contribution in [0.5, 0.6) is 0 Å². The highest BCUT2D eigenvalue weighted by molar-refractivity contribution is 5.95. The zero-order valence-corrected chi connectivity index (χ0v) is 13.4. The molecule has 0 bridgehead atoms. The van der Waals surface area contributed by atoms with Gasteiger partial charge < -0.3 is 10.4 Å². The average molecular weight is 290 g/mol. The van der Waals surface area contributed by atoms with Crippen molar-refractivity contribution in [1.29, 1.82) is 0 Å². The number of aliphatic hydroxyl groups is 1. The van der Waals surface area contributed by atoms with Crippen molar-refractivity contribution in [3.8, 4) is 0 Å². The lowest BCUT2D eigenvalue weighted by molar-refractivity contribution is -0.120. The van der Waals surface area contributed by atoms with Gasteiger partial charge >= 0.3 is 0 Å². The number of para-hydroxylation sites is 1. The highest BCUT2D eigenvalue weighted by atomic mass is 16.3. The molecule has 4 heteroatoms. The van der Waals surface area contributed by atoms with Crippen molar-refractivity contribution in [3.63, 3.8) is 0 Å². The summed E-state index contributed by atoms with van der Waals surface area (Å²) in [7, 11) is 1.89. The zero-order valence-electron chi connectivity index (χ0n) is 13.4. The normalized spacial score (nSPS) is 17.6. The van der Waals surface area contributed by atoms with Gasteiger partial charge in [0, 0.05) is 12.2 Å². The van der Waals surface area contributed by atoms with Gasteiger partial charge in [0.25, 0.3) is 0 Å². The minimum Gasteiger partial charge on any atom is -0.392 e. The number of nitrogens with zero attached hydrogens (tertiary/aromatic N) is 1. The summed E-state index contributed by atoms with van der Waals surface area (Å²) in [6, 6.07) is 5.71. The molecule has 2 atom stereocenters. The maximum atomic E-state index is 12.4. The Bertz CT molecular complexity index is 491. The molecule has 0 aromatic heterocycles. The third-order valence-corrected chi connectivity index (χ3v) is 4.41. The van der Waals surface area contributed by atoms with Crippen LogP contribution in [0.25, 0.3) is 0 Å². The van der Waals surface area contributed by atoms with Gasteiger partial charge in [-0.15, -0.1) is 0 Å². The molecule has 2 rings (SSSR count). The van der Waals surface area contributed by atoms with Crippen molar-refractivity contribution in [2.75, 3.05) is 18.9 Å². The van der Waals surface area contributed by atoms with E-state index in [0.29, 0.717) is 12.5 Å². The third-order valence-electron chi connectivity index (χ3n) is 4.41. The van der Waals surface area contributed by atoms with Gasteiger partial charge in [-0.3, -0.25) is 9.69 Å². The molecule has 0 spiro atoms. The molecular formula is C17H26N2O2. The number of nitrogens with one attached hydrogen (secondary N) is 1. The number of aliphatic hydroxyl groups excluding tert-OH is 1. The number of carbonyl (C=O) groups excluding carboxylic acids is 1. The van der Waals surface area contributed by atoms with Gasteiger partial charge in [-0.25, -0.2) is 0 Å². The van der Waals surface area contributed by atoms with Crippen LogP contribution in [0.2, 0.25) is 0 Å². The largest absolute Gasteiger partial charge is 0.392 e. The van der Waals surface area contributed by atoms with Crippen LogP contribution in [0.1, 0.15) is 30.9 Å². The first-order valence-electron chi connectivity index (χ1n) is 7.65. The number of aryl methyl sites for hydroxylation is 2. The fourth-order valence-electron chi connectivity index (χ4n) is 2.52. The van der Waals surface area contributed by atoms with E-state index in [4.69, 9.17) is 0 Å². The second kappa shape index (κ2) is 6.58. The first-order chi connectivity index (χ1) is 9.90. The molecule has 0 radical (unpaired) electrons.